The van der Waals surface area contributed by atoms with Crippen LogP contribution in [0.1, 0.15) is 5.56 Å². The molecule has 10 nitrogen and oxygen atoms in total. The fourth-order valence-corrected chi connectivity index (χ4v) is 4.43. The average Bonchev–Trinajstić information content (AvgIpc) is 3.11. The van der Waals surface area contributed by atoms with Crippen LogP contribution in [0.4, 0.5) is 23.1 Å². The van der Waals surface area contributed by atoms with Gasteiger partial charge < -0.3 is 20.9 Å². The molecule has 1 aliphatic heterocycles. The van der Waals surface area contributed by atoms with E-state index in [9.17, 15) is 4.79 Å². The molecule has 3 aromatic heterocycles. The molecule has 3 N–H and O–H groups in total. The standard InChI is InChI=1S/C25H29N9O/c1-4-10-33-24(35)19-16-27-25(30-23(19)34(33)22-7-5-6-21(26)29-22)28-18-8-9-20(17(2)15-18)32-13-11-31(3)12-14-32/h4-9,15-16H,1,10-14H2,2-3H3,(H2,26,29)(H,27,28,30). The van der Waals surface area contributed by atoms with Gasteiger partial charge in [0, 0.05) is 43.8 Å². The van der Waals surface area contributed by atoms with Crippen molar-refractivity contribution >= 4 is 34.2 Å². The van der Waals surface area contributed by atoms with Crippen molar-refractivity contribution in [3.05, 3.63) is 71.2 Å². The van der Waals surface area contributed by atoms with Gasteiger partial charge in [0.2, 0.25) is 5.95 Å². The summed E-state index contributed by atoms with van der Waals surface area (Å²) in [5.74, 6) is 1.24. The quantitative estimate of drug-likeness (QED) is 0.413. The fourth-order valence-electron chi connectivity index (χ4n) is 4.43. The summed E-state index contributed by atoms with van der Waals surface area (Å²) < 4.78 is 3.18. The van der Waals surface area contributed by atoms with Crippen molar-refractivity contribution in [1.29, 1.82) is 0 Å². The highest BCUT2D eigenvalue weighted by molar-refractivity contribution is 5.77. The number of rotatable bonds is 6. The maximum absolute atomic E-state index is 13.0. The lowest BCUT2D eigenvalue weighted by atomic mass is 10.1. The minimum absolute atomic E-state index is 0.219. The Morgan fingerprint density at radius 2 is 1.94 bits per heavy atom. The van der Waals surface area contributed by atoms with Gasteiger partial charge in [-0.15, -0.1) is 6.58 Å². The Balaban J connectivity index is 1.50. The first-order valence-electron chi connectivity index (χ1n) is 11.6. The molecule has 0 spiro atoms. The van der Waals surface area contributed by atoms with Crippen molar-refractivity contribution in [2.75, 3.05) is 49.2 Å². The molecule has 1 aliphatic rings. The molecular formula is C25H29N9O. The topological polar surface area (TPSA) is 110 Å². The first-order valence-corrected chi connectivity index (χ1v) is 11.6. The van der Waals surface area contributed by atoms with Crippen LogP contribution in [0.2, 0.25) is 0 Å². The highest BCUT2D eigenvalue weighted by Crippen LogP contribution is 2.26. The molecular weight excluding hydrogens is 442 g/mol. The predicted molar refractivity (Wildman–Crippen MR) is 140 cm³/mol. The molecule has 0 amide bonds. The number of nitrogens with two attached hydrogens (primary N) is 1. The van der Waals surface area contributed by atoms with Crippen LogP contribution in [0.25, 0.3) is 16.9 Å². The van der Waals surface area contributed by atoms with Gasteiger partial charge in [0.05, 0.1) is 6.54 Å². The number of nitrogens with one attached hydrogen (secondary N) is 1. The number of benzene rings is 1. The van der Waals surface area contributed by atoms with E-state index in [1.54, 1.807) is 35.2 Å². The van der Waals surface area contributed by atoms with Gasteiger partial charge in [-0.1, -0.05) is 12.1 Å². The molecule has 35 heavy (non-hydrogen) atoms. The lowest BCUT2D eigenvalue weighted by Crippen LogP contribution is -2.44. The van der Waals surface area contributed by atoms with Gasteiger partial charge >= 0.3 is 0 Å². The van der Waals surface area contributed by atoms with E-state index >= 15 is 0 Å². The number of piperazine rings is 1. The third-order valence-electron chi connectivity index (χ3n) is 6.25. The van der Waals surface area contributed by atoms with E-state index in [2.05, 4.69) is 62.8 Å². The smallest absolute Gasteiger partial charge is 0.278 e. The number of nitrogen functional groups attached to an aromatic ring is 1. The fraction of sp³-hybridized carbons (Fsp3) is 0.280. The number of hydrogen-bond donors (Lipinski definition) is 2. The van der Waals surface area contributed by atoms with Crippen LogP contribution >= 0.6 is 0 Å². The average molecular weight is 472 g/mol. The van der Waals surface area contributed by atoms with Gasteiger partial charge in [-0.05, 0) is 49.9 Å². The van der Waals surface area contributed by atoms with E-state index in [1.165, 1.54) is 15.9 Å². The summed E-state index contributed by atoms with van der Waals surface area (Å²) >= 11 is 0. The molecule has 10 heteroatoms. The summed E-state index contributed by atoms with van der Waals surface area (Å²) in [4.78, 5) is 31.3. The number of anilines is 4. The third-order valence-corrected chi connectivity index (χ3v) is 6.25. The molecule has 1 fully saturated rings. The van der Waals surface area contributed by atoms with E-state index < -0.39 is 0 Å². The van der Waals surface area contributed by atoms with E-state index in [4.69, 9.17) is 5.73 Å². The Labute approximate surface area is 203 Å². The lowest BCUT2D eigenvalue weighted by molar-refractivity contribution is 0.312. The van der Waals surface area contributed by atoms with Gasteiger partial charge in [0.1, 0.15) is 11.2 Å². The highest BCUT2D eigenvalue weighted by Gasteiger charge is 2.19. The van der Waals surface area contributed by atoms with Gasteiger partial charge in [-0.2, -0.15) is 4.98 Å². The SMILES string of the molecule is C=CCn1c(=O)c2cnc(Nc3ccc(N4CCN(C)CC4)c(C)c3)nc2n1-c1cccc(N)n1. The third kappa shape index (κ3) is 4.35. The Morgan fingerprint density at radius 1 is 1.14 bits per heavy atom. The number of nitrogens with zero attached hydrogens (tertiary/aromatic N) is 7. The number of fused-ring (bicyclic) bond motifs is 1. The van der Waals surface area contributed by atoms with Crippen molar-refractivity contribution in [2.45, 2.75) is 13.5 Å². The molecule has 180 valence electrons. The molecule has 0 unspecified atom stereocenters. The van der Waals surface area contributed by atoms with E-state index in [-0.39, 0.29) is 5.56 Å². The number of pyridine rings is 1. The molecule has 0 bridgehead atoms. The molecule has 0 radical (unpaired) electrons. The monoisotopic (exact) mass is 471 g/mol. The second kappa shape index (κ2) is 9.22. The minimum atomic E-state index is -0.219. The lowest BCUT2D eigenvalue weighted by Gasteiger charge is -2.35. The minimum Gasteiger partial charge on any atom is -0.384 e. The summed E-state index contributed by atoms with van der Waals surface area (Å²) in [6.45, 7) is 10.3. The van der Waals surface area contributed by atoms with E-state index in [1.807, 2.05) is 6.07 Å². The van der Waals surface area contributed by atoms with Crippen LogP contribution in [0.5, 0.6) is 0 Å². The van der Waals surface area contributed by atoms with Crippen LogP contribution in [0.15, 0.2) is 60.0 Å². The molecule has 5 rings (SSSR count). The van der Waals surface area contributed by atoms with E-state index in [0.717, 1.165) is 31.9 Å². The van der Waals surface area contributed by atoms with Gasteiger partial charge in [-0.3, -0.25) is 4.79 Å². The van der Waals surface area contributed by atoms with Crippen LogP contribution in [-0.2, 0) is 6.54 Å². The Morgan fingerprint density at radius 3 is 2.66 bits per heavy atom. The van der Waals surface area contributed by atoms with Crippen molar-refractivity contribution in [3.63, 3.8) is 0 Å². The predicted octanol–water partition coefficient (Wildman–Crippen LogP) is 2.55. The van der Waals surface area contributed by atoms with Crippen LogP contribution in [-0.4, -0.2) is 62.4 Å². The van der Waals surface area contributed by atoms with Crippen molar-refractivity contribution in [3.8, 4) is 5.82 Å². The van der Waals surface area contributed by atoms with Crippen molar-refractivity contribution < 1.29 is 0 Å². The molecule has 4 heterocycles. The highest BCUT2D eigenvalue weighted by atomic mass is 16.1. The summed E-state index contributed by atoms with van der Waals surface area (Å²) in [5, 5.41) is 3.68. The second-order valence-electron chi connectivity index (χ2n) is 8.76. The molecule has 1 saturated heterocycles. The zero-order chi connectivity index (χ0) is 24.5. The van der Waals surface area contributed by atoms with Crippen LogP contribution in [0.3, 0.4) is 0 Å². The van der Waals surface area contributed by atoms with Crippen LogP contribution in [0, 0.1) is 6.92 Å². The molecule has 0 atom stereocenters. The Bertz CT molecular complexity index is 1450. The first kappa shape index (κ1) is 22.6. The van der Waals surface area contributed by atoms with E-state index in [0.29, 0.717) is 35.2 Å². The number of likely N-dealkylation sites (N-methyl/N-ethyl adjacent to an activating group) is 1. The first-order chi connectivity index (χ1) is 16.9. The van der Waals surface area contributed by atoms with Gasteiger partial charge in [0.15, 0.2) is 11.5 Å². The summed E-state index contributed by atoms with van der Waals surface area (Å²) in [6.07, 6.45) is 3.20. The number of aromatic nitrogens is 5. The molecule has 0 saturated carbocycles. The van der Waals surface area contributed by atoms with Crippen molar-refractivity contribution in [2.24, 2.45) is 0 Å². The second-order valence-corrected chi connectivity index (χ2v) is 8.76. The zero-order valence-corrected chi connectivity index (χ0v) is 20.0. The largest absolute Gasteiger partial charge is 0.384 e. The van der Waals surface area contributed by atoms with Gasteiger partial charge in [-0.25, -0.2) is 19.3 Å². The summed E-state index contributed by atoms with van der Waals surface area (Å²) in [5.41, 5.74) is 9.42. The number of hydrogen-bond acceptors (Lipinski definition) is 8. The maximum Gasteiger partial charge on any atom is 0.278 e. The maximum atomic E-state index is 13.0. The zero-order valence-electron chi connectivity index (χ0n) is 20.0. The summed E-state index contributed by atoms with van der Waals surface area (Å²) in [7, 11) is 2.15. The van der Waals surface area contributed by atoms with Crippen molar-refractivity contribution in [1.82, 2.24) is 29.2 Å². The Hall–Kier alpha value is -4.18. The molecule has 0 aliphatic carbocycles. The Kier molecular flexibility index (Phi) is 5.96. The molecule has 4 aromatic rings. The summed E-state index contributed by atoms with van der Waals surface area (Å²) in [6, 6.07) is 11.5. The number of aryl methyl sites for hydroxylation is 1. The van der Waals surface area contributed by atoms with Gasteiger partial charge in [0.25, 0.3) is 5.56 Å². The molecule has 1 aromatic carbocycles. The number of allylic oxidation sites excluding steroid dienone is 1. The van der Waals surface area contributed by atoms with Crippen LogP contribution < -0.4 is 21.5 Å². The normalized spacial score (nSPS) is 14.4.